The van der Waals surface area contributed by atoms with Crippen LogP contribution in [0.25, 0.3) is 0 Å². The fraction of sp³-hybridized carbons (Fsp3) is 0.455. The summed E-state index contributed by atoms with van der Waals surface area (Å²) >= 11 is 0. The summed E-state index contributed by atoms with van der Waals surface area (Å²) in [6.45, 7) is 14.7. The fourth-order valence-electron chi connectivity index (χ4n) is 2.68. The summed E-state index contributed by atoms with van der Waals surface area (Å²) in [6, 6.07) is 16.8. The van der Waals surface area contributed by atoms with Crippen LogP contribution in [0.5, 0.6) is 11.5 Å². The van der Waals surface area contributed by atoms with Crippen molar-refractivity contribution in [3.05, 3.63) is 59.7 Å². The minimum Gasteiger partial charge on any atom is -0.491 e. The Morgan fingerprint density at radius 1 is 0.667 bits per heavy atom. The van der Waals surface area contributed by atoms with Gasteiger partial charge in [0.1, 0.15) is 17.1 Å². The molecule has 0 heterocycles. The number of rotatable bonds is 5. The topological polar surface area (TPSA) is 18.5 Å². The quantitative estimate of drug-likeness (QED) is 0.673. The summed E-state index contributed by atoms with van der Waals surface area (Å²) in [4.78, 5) is 0. The van der Waals surface area contributed by atoms with E-state index in [0.29, 0.717) is 0 Å². The van der Waals surface area contributed by atoms with Gasteiger partial charge in [0.25, 0.3) is 0 Å². The van der Waals surface area contributed by atoms with Crippen LogP contribution < -0.4 is 9.47 Å². The molecular weight excluding hydrogens is 296 g/mol. The smallest absolute Gasteiger partial charge is 0.120 e. The molecule has 0 amide bonds. The molecule has 0 aliphatic carbocycles. The second-order valence-corrected chi connectivity index (χ2v) is 8.05. The highest BCUT2D eigenvalue weighted by atomic mass is 16.5. The summed E-state index contributed by atoms with van der Waals surface area (Å²) < 4.78 is 11.6. The Morgan fingerprint density at radius 2 is 1.08 bits per heavy atom. The lowest BCUT2D eigenvalue weighted by molar-refractivity contribution is 0.131. The average Bonchev–Trinajstić information content (AvgIpc) is 2.46. The molecule has 2 aromatic carbocycles. The van der Waals surface area contributed by atoms with Crippen molar-refractivity contribution in [3.63, 3.8) is 0 Å². The monoisotopic (exact) mass is 326 g/mol. The van der Waals surface area contributed by atoms with Gasteiger partial charge in [-0.15, -0.1) is 0 Å². The van der Waals surface area contributed by atoms with Crippen LogP contribution in [0.3, 0.4) is 0 Å². The minimum atomic E-state index is -0.177. The molecule has 0 N–H and O–H groups in total. The highest BCUT2D eigenvalue weighted by molar-refractivity contribution is 5.41. The van der Waals surface area contributed by atoms with Crippen LogP contribution in [0.2, 0.25) is 0 Å². The van der Waals surface area contributed by atoms with E-state index in [1.54, 1.807) is 0 Å². The molecule has 2 nitrogen and oxygen atoms in total. The van der Waals surface area contributed by atoms with Crippen molar-refractivity contribution in [1.82, 2.24) is 0 Å². The van der Waals surface area contributed by atoms with E-state index >= 15 is 0 Å². The van der Waals surface area contributed by atoms with E-state index in [2.05, 4.69) is 71.0 Å². The van der Waals surface area contributed by atoms with Crippen LogP contribution in [-0.2, 0) is 5.41 Å². The largest absolute Gasteiger partial charge is 0.491 e. The molecule has 0 spiro atoms. The van der Waals surface area contributed by atoms with E-state index in [0.717, 1.165) is 11.5 Å². The first kappa shape index (κ1) is 18.4. The van der Waals surface area contributed by atoms with Crippen LogP contribution in [0.4, 0.5) is 0 Å². The van der Waals surface area contributed by atoms with Crippen molar-refractivity contribution >= 4 is 0 Å². The van der Waals surface area contributed by atoms with Gasteiger partial charge in [0, 0.05) is 5.41 Å². The molecule has 0 aromatic heterocycles. The molecule has 0 fully saturated rings. The molecule has 0 aliphatic rings. The molecule has 0 aliphatic heterocycles. The van der Waals surface area contributed by atoms with Gasteiger partial charge >= 0.3 is 0 Å². The second-order valence-electron chi connectivity index (χ2n) is 8.05. The first-order valence-corrected chi connectivity index (χ1v) is 8.65. The summed E-state index contributed by atoms with van der Waals surface area (Å²) in [5, 5.41) is 0. The maximum atomic E-state index is 5.91. The van der Waals surface area contributed by atoms with Crippen molar-refractivity contribution in [3.8, 4) is 11.5 Å². The van der Waals surface area contributed by atoms with Gasteiger partial charge in [-0.25, -0.2) is 0 Å². The molecule has 24 heavy (non-hydrogen) atoms. The Balaban J connectivity index is 2.20. The summed E-state index contributed by atoms with van der Waals surface area (Å²) in [6.07, 6.45) is 0.194. The zero-order chi connectivity index (χ0) is 18.0. The number of hydrogen-bond acceptors (Lipinski definition) is 2. The molecule has 0 radical (unpaired) electrons. The number of hydrogen-bond donors (Lipinski definition) is 0. The normalized spacial score (nSPS) is 12.3. The first-order chi connectivity index (χ1) is 11.1. The van der Waals surface area contributed by atoms with Crippen LogP contribution in [0, 0.1) is 0 Å². The van der Waals surface area contributed by atoms with Crippen molar-refractivity contribution in [1.29, 1.82) is 0 Å². The Hall–Kier alpha value is -1.96. The predicted octanol–water partition coefficient (Wildman–Crippen LogP) is 5.98. The molecule has 0 saturated carbocycles. The van der Waals surface area contributed by atoms with E-state index in [9.17, 15) is 0 Å². The Kier molecular flexibility index (Phi) is 5.27. The predicted molar refractivity (Wildman–Crippen MR) is 101 cm³/mol. The van der Waals surface area contributed by atoms with Gasteiger partial charge in [0.15, 0.2) is 0 Å². The third-order valence-electron chi connectivity index (χ3n) is 3.95. The van der Waals surface area contributed by atoms with Crippen molar-refractivity contribution in [2.45, 2.75) is 65.6 Å². The molecule has 0 unspecified atom stereocenters. The maximum absolute atomic E-state index is 5.91. The van der Waals surface area contributed by atoms with E-state index < -0.39 is 0 Å². The van der Waals surface area contributed by atoms with Gasteiger partial charge in [-0.2, -0.15) is 0 Å². The molecule has 130 valence electrons. The Morgan fingerprint density at radius 3 is 1.46 bits per heavy atom. The van der Waals surface area contributed by atoms with Gasteiger partial charge in [-0.1, -0.05) is 38.1 Å². The lowest BCUT2D eigenvalue weighted by Crippen LogP contribution is -2.23. The van der Waals surface area contributed by atoms with Gasteiger partial charge in [0.05, 0.1) is 6.10 Å². The zero-order valence-electron chi connectivity index (χ0n) is 16.0. The summed E-state index contributed by atoms with van der Waals surface area (Å²) in [5.41, 5.74) is 2.28. The van der Waals surface area contributed by atoms with E-state index in [1.807, 2.05) is 26.0 Å². The second kappa shape index (κ2) is 6.88. The molecule has 0 bridgehead atoms. The Bertz CT molecular complexity index is 644. The van der Waals surface area contributed by atoms with E-state index in [-0.39, 0.29) is 17.1 Å². The van der Waals surface area contributed by atoms with Crippen LogP contribution >= 0.6 is 0 Å². The molecular formula is C22H30O2. The van der Waals surface area contributed by atoms with E-state index in [4.69, 9.17) is 9.47 Å². The van der Waals surface area contributed by atoms with Gasteiger partial charge in [0.2, 0.25) is 0 Å². The highest BCUT2D eigenvalue weighted by Gasteiger charge is 2.23. The number of benzene rings is 2. The maximum Gasteiger partial charge on any atom is 0.120 e. The SMILES string of the molecule is CC(C)Oc1ccc(C(C)(C)c2ccc(OC(C)(C)C)cc2)cc1. The van der Waals surface area contributed by atoms with Gasteiger partial charge in [-0.3, -0.25) is 0 Å². The van der Waals surface area contributed by atoms with Crippen molar-refractivity contribution in [2.75, 3.05) is 0 Å². The third kappa shape index (κ3) is 4.77. The van der Waals surface area contributed by atoms with Crippen molar-refractivity contribution in [2.24, 2.45) is 0 Å². The lowest BCUT2D eigenvalue weighted by Gasteiger charge is -2.27. The summed E-state index contributed by atoms with van der Waals surface area (Å²) in [5.74, 6) is 1.82. The molecule has 0 saturated heterocycles. The van der Waals surface area contributed by atoms with Crippen LogP contribution in [-0.4, -0.2) is 11.7 Å². The first-order valence-electron chi connectivity index (χ1n) is 8.65. The summed E-state index contributed by atoms with van der Waals surface area (Å²) in [7, 11) is 0. The molecule has 0 atom stereocenters. The highest BCUT2D eigenvalue weighted by Crippen LogP contribution is 2.33. The van der Waals surface area contributed by atoms with Crippen LogP contribution in [0.15, 0.2) is 48.5 Å². The lowest BCUT2D eigenvalue weighted by atomic mass is 9.78. The molecule has 2 aromatic rings. The zero-order valence-corrected chi connectivity index (χ0v) is 16.0. The average molecular weight is 326 g/mol. The fourth-order valence-corrected chi connectivity index (χ4v) is 2.68. The third-order valence-corrected chi connectivity index (χ3v) is 3.95. The van der Waals surface area contributed by atoms with E-state index in [1.165, 1.54) is 11.1 Å². The molecule has 2 rings (SSSR count). The van der Waals surface area contributed by atoms with Crippen molar-refractivity contribution < 1.29 is 9.47 Å². The standard InChI is InChI=1S/C22H30O2/c1-16(2)23-19-12-8-17(9-13-19)22(6,7)18-10-14-20(15-11-18)24-21(3,4)5/h8-16H,1-7H3. The minimum absolute atomic E-state index is 0.0728. The molecule has 2 heteroatoms. The van der Waals surface area contributed by atoms with Gasteiger partial charge < -0.3 is 9.47 Å². The van der Waals surface area contributed by atoms with Crippen LogP contribution in [0.1, 0.15) is 59.6 Å². The number of ether oxygens (including phenoxy) is 2. The Labute approximate surface area is 146 Å². The van der Waals surface area contributed by atoms with Gasteiger partial charge in [-0.05, 0) is 70.0 Å².